The summed E-state index contributed by atoms with van der Waals surface area (Å²) in [5.74, 6) is 1.88. The zero-order chi connectivity index (χ0) is 20.5. The van der Waals surface area contributed by atoms with Gasteiger partial charge in [-0.1, -0.05) is 19.1 Å². The fraction of sp³-hybridized carbons (Fsp3) is 0.238. The van der Waals surface area contributed by atoms with Crippen molar-refractivity contribution in [3.05, 3.63) is 64.7 Å². The van der Waals surface area contributed by atoms with Crippen molar-refractivity contribution in [3.8, 4) is 11.7 Å². The van der Waals surface area contributed by atoms with Gasteiger partial charge < -0.3 is 18.2 Å². The lowest BCUT2D eigenvalue weighted by atomic mass is 10.2. The van der Waals surface area contributed by atoms with Gasteiger partial charge in [-0.25, -0.2) is 4.98 Å². The van der Waals surface area contributed by atoms with E-state index in [9.17, 15) is 4.79 Å². The molecule has 1 aromatic carbocycles. The monoisotopic (exact) mass is 405 g/mol. The van der Waals surface area contributed by atoms with E-state index in [0.29, 0.717) is 47.6 Å². The molecule has 0 radical (unpaired) electrons. The van der Waals surface area contributed by atoms with E-state index in [1.165, 1.54) is 0 Å². The summed E-state index contributed by atoms with van der Waals surface area (Å²) < 4.78 is 16.7. The molecule has 152 valence electrons. The van der Waals surface area contributed by atoms with Gasteiger partial charge in [0.2, 0.25) is 11.5 Å². The van der Waals surface area contributed by atoms with Crippen LogP contribution in [0.1, 0.15) is 25.1 Å². The Morgan fingerprint density at radius 2 is 1.97 bits per heavy atom. The van der Waals surface area contributed by atoms with Gasteiger partial charge in [-0.05, 0) is 37.2 Å². The fourth-order valence-electron chi connectivity index (χ4n) is 3.47. The van der Waals surface area contributed by atoms with Crippen molar-refractivity contribution in [2.24, 2.45) is 0 Å². The number of para-hydroxylation sites is 1. The first kappa shape index (κ1) is 18.3. The van der Waals surface area contributed by atoms with Crippen LogP contribution in [-0.4, -0.2) is 31.6 Å². The number of nitrogens with zero attached hydrogens (tertiary/aromatic N) is 4. The van der Waals surface area contributed by atoms with Crippen LogP contribution in [0.15, 0.2) is 60.7 Å². The Morgan fingerprint density at radius 1 is 1.07 bits per heavy atom. The first-order valence-electron chi connectivity index (χ1n) is 9.70. The minimum atomic E-state index is -0.291. The molecule has 4 aromatic heterocycles. The smallest absolute Gasteiger partial charge is 0.294 e. The summed E-state index contributed by atoms with van der Waals surface area (Å²) in [4.78, 5) is 22.1. The highest BCUT2D eigenvalue weighted by Gasteiger charge is 2.17. The third-order valence-electron chi connectivity index (χ3n) is 4.75. The maximum absolute atomic E-state index is 12.5. The Morgan fingerprint density at radius 3 is 2.80 bits per heavy atom. The number of nitrogens with one attached hydrogen (secondary N) is 1. The molecule has 0 aliphatic rings. The number of aromatic nitrogens is 4. The maximum Gasteiger partial charge on any atom is 0.294 e. The van der Waals surface area contributed by atoms with Crippen molar-refractivity contribution in [2.75, 3.05) is 6.54 Å². The number of hydrogen-bond donors (Lipinski definition) is 1. The van der Waals surface area contributed by atoms with Gasteiger partial charge in [0.15, 0.2) is 5.76 Å². The summed E-state index contributed by atoms with van der Waals surface area (Å²) in [5.41, 5.74) is 1.16. The second-order valence-corrected chi connectivity index (χ2v) is 6.98. The fourth-order valence-corrected chi connectivity index (χ4v) is 3.47. The maximum atomic E-state index is 12.5. The van der Waals surface area contributed by atoms with Gasteiger partial charge in [0.1, 0.15) is 16.9 Å². The van der Waals surface area contributed by atoms with Crippen molar-refractivity contribution in [1.82, 2.24) is 25.1 Å². The lowest BCUT2D eigenvalue weighted by Gasteiger charge is -2.18. The van der Waals surface area contributed by atoms with E-state index in [1.54, 1.807) is 18.4 Å². The summed E-state index contributed by atoms with van der Waals surface area (Å²) in [7, 11) is 0. The molecule has 4 heterocycles. The Hall–Kier alpha value is -3.72. The Balaban J connectivity index is 1.42. The molecule has 0 spiro atoms. The lowest BCUT2D eigenvalue weighted by Crippen LogP contribution is -2.26. The molecule has 0 saturated heterocycles. The molecule has 9 nitrogen and oxygen atoms in total. The van der Waals surface area contributed by atoms with Crippen LogP contribution in [0.2, 0.25) is 0 Å². The average Bonchev–Trinajstić information content (AvgIpc) is 3.48. The largest absolute Gasteiger partial charge is 0.459 e. The molecule has 0 unspecified atom stereocenters. The lowest BCUT2D eigenvalue weighted by molar-refractivity contribution is 0.226. The van der Waals surface area contributed by atoms with Gasteiger partial charge in [0.05, 0.1) is 19.4 Å². The Bertz CT molecular complexity index is 1350. The normalized spacial score (nSPS) is 11.8. The minimum absolute atomic E-state index is 0.238. The van der Waals surface area contributed by atoms with Gasteiger partial charge in [0.25, 0.3) is 11.4 Å². The molecule has 0 fully saturated rings. The average molecular weight is 405 g/mol. The molecule has 1 N–H and O–H groups in total. The number of fused-ring (bicyclic) bond motifs is 3. The number of H-pyrrole nitrogens is 1. The van der Waals surface area contributed by atoms with Crippen LogP contribution in [0.3, 0.4) is 0 Å². The summed E-state index contributed by atoms with van der Waals surface area (Å²) in [5, 5.41) is 8.97. The van der Waals surface area contributed by atoms with E-state index in [2.05, 4.69) is 32.0 Å². The molecule has 0 saturated carbocycles. The van der Waals surface area contributed by atoms with Crippen LogP contribution < -0.4 is 5.56 Å². The van der Waals surface area contributed by atoms with Gasteiger partial charge in [0, 0.05) is 5.39 Å². The third kappa shape index (κ3) is 3.39. The minimum Gasteiger partial charge on any atom is -0.459 e. The topological polar surface area (TPSA) is 114 Å². The van der Waals surface area contributed by atoms with Crippen LogP contribution in [0.25, 0.3) is 33.7 Å². The summed E-state index contributed by atoms with van der Waals surface area (Å²) in [6.45, 7) is 3.71. The van der Waals surface area contributed by atoms with Gasteiger partial charge in [-0.15, -0.1) is 10.2 Å². The first-order valence-corrected chi connectivity index (χ1v) is 9.70. The Kier molecular flexibility index (Phi) is 4.64. The van der Waals surface area contributed by atoms with E-state index in [-0.39, 0.29) is 11.1 Å². The van der Waals surface area contributed by atoms with E-state index in [0.717, 1.165) is 18.4 Å². The van der Waals surface area contributed by atoms with Crippen molar-refractivity contribution >= 4 is 22.1 Å². The van der Waals surface area contributed by atoms with Crippen molar-refractivity contribution in [2.45, 2.75) is 26.4 Å². The zero-order valence-electron chi connectivity index (χ0n) is 16.3. The molecule has 0 bridgehead atoms. The predicted molar refractivity (Wildman–Crippen MR) is 109 cm³/mol. The number of hydrogen-bond acceptors (Lipinski definition) is 8. The second-order valence-electron chi connectivity index (χ2n) is 6.98. The number of aromatic amines is 1. The summed E-state index contributed by atoms with van der Waals surface area (Å²) in [6, 6.07) is 11.0. The van der Waals surface area contributed by atoms with E-state index < -0.39 is 0 Å². The molecule has 9 heteroatoms. The molecule has 5 rings (SSSR count). The van der Waals surface area contributed by atoms with Crippen molar-refractivity contribution in [3.63, 3.8) is 0 Å². The van der Waals surface area contributed by atoms with E-state index >= 15 is 0 Å². The molecule has 30 heavy (non-hydrogen) atoms. The molecular formula is C21H19N5O4. The number of furan rings is 2. The standard InChI is InChI=1S/C21H19N5O4/c1-2-9-26(12-17-24-25-21(30-17)15-8-5-10-28-15)11-16-22-18-13-6-3-4-7-14(13)29-19(18)20(27)23-16/h3-8,10H,2,9,11-12H2,1H3,(H,22,23,27). The molecule has 0 atom stereocenters. The van der Waals surface area contributed by atoms with Crippen LogP contribution >= 0.6 is 0 Å². The van der Waals surface area contributed by atoms with Gasteiger partial charge >= 0.3 is 0 Å². The quantitative estimate of drug-likeness (QED) is 0.436. The highest BCUT2D eigenvalue weighted by molar-refractivity contribution is 6.01. The third-order valence-corrected chi connectivity index (χ3v) is 4.75. The van der Waals surface area contributed by atoms with Crippen LogP contribution in [0.5, 0.6) is 0 Å². The molecular weight excluding hydrogens is 386 g/mol. The number of rotatable bonds is 7. The van der Waals surface area contributed by atoms with Crippen LogP contribution in [0, 0.1) is 0 Å². The highest BCUT2D eigenvalue weighted by Crippen LogP contribution is 2.25. The van der Waals surface area contributed by atoms with Gasteiger partial charge in [-0.2, -0.15) is 0 Å². The van der Waals surface area contributed by atoms with Crippen LogP contribution in [-0.2, 0) is 13.1 Å². The number of benzene rings is 1. The highest BCUT2D eigenvalue weighted by atomic mass is 16.4. The molecule has 0 aliphatic carbocycles. The Labute approximate surface area is 170 Å². The second kappa shape index (κ2) is 7.60. The van der Waals surface area contributed by atoms with Crippen LogP contribution in [0.4, 0.5) is 0 Å². The van der Waals surface area contributed by atoms with E-state index in [1.807, 2.05) is 24.3 Å². The van der Waals surface area contributed by atoms with E-state index in [4.69, 9.17) is 13.3 Å². The summed E-state index contributed by atoms with van der Waals surface area (Å²) >= 11 is 0. The molecule has 0 aliphatic heterocycles. The van der Waals surface area contributed by atoms with Crippen molar-refractivity contribution < 1.29 is 13.3 Å². The van der Waals surface area contributed by atoms with Gasteiger partial charge in [-0.3, -0.25) is 9.69 Å². The SMILES string of the molecule is CCCN(Cc1nc2c(oc3ccccc32)c(=O)[nH]1)Cc1nnc(-c2ccco2)o1. The molecule has 0 amide bonds. The van der Waals surface area contributed by atoms with Crippen molar-refractivity contribution in [1.29, 1.82) is 0 Å². The zero-order valence-corrected chi connectivity index (χ0v) is 16.3. The first-order chi connectivity index (χ1) is 14.7. The molecule has 5 aromatic rings. The predicted octanol–water partition coefficient (Wildman–Crippen LogP) is 3.72. The summed E-state index contributed by atoms with van der Waals surface area (Å²) in [6.07, 6.45) is 2.47.